The lowest BCUT2D eigenvalue weighted by Gasteiger charge is -2.57. The lowest BCUT2D eigenvalue weighted by Crippen LogP contribution is -2.60. The van der Waals surface area contributed by atoms with Crippen molar-refractivity contribution in [2.24, 2.45) is 23.7 Å². The summed E-state index contributed by atoms with van der Waals surface area (Å²) in [4.78, 5) is 12.3. The van der Waals surface area contributed by atoms with E-state index in [1.54, 1.807) is 0 Å². The number of carbonyl (C=O) groups excluding carboxylic acids is 1. The number of hydrogen-bond donors (Lipinski definition) is 2. The van der Waals surface area contributed by atoms with Crippen molar-refractivity contribution in [2.45, 2.75) is 69.4 Å². The molecule has 5 fully saturated rings. The van der Waals surface area contributed by atoms with Crippen LogP contribution in [0.5, 0.6) is 0 Å². The van der Waals surface area contributed by atoms with E-state index in [0.717, 1.165) is 30.6 Å². The molecular weight excluding hydrogens is 274 g/mol. The van der Waals surface area contributed by atoms with Crippen LogP contribution >= 0.6 is 0 Å². The van der Waals surface area contributed by atoms with Gasteiger partial charge in [0.1, 0.15) is 5.54 Å². The zero-order chi connectivity index (χ0) is 15.4. The highest BCUT2D eigenvalue weighted by Gasteiger charge is 2.51. The van der Waals surface area contributed by atoms with Gasteiger partial charge in [0.25, 0.3) is 0 Å². The van der Waals surface area contributed by atoms with Crippen LogP contribution in [0.15, 0.2) is 0 Å². The van der Waals surface area contributed by atoms with Crippen molar-refractivity contribution in [1.29, 1.82) is 5.26 Å². The molecule has 4 nitrogen and oxygen atoms in total. The molecule has 5 rings (SSSR count). The van der Waals surface area contributed by atoms with E-state index in [4.69, 9.17) is 0 Å². The van der Waals surface area contributed by atoms with Crippen LogP contribution in [0.1, 0.15) is 58.3 Å². The van der Waals surface area contributed by atoms with E-state index in [1.165, 1.54) is 38.5 Å². The molecule has 1 amide bonds. The average Bonchev–Trinajstić information content (AvgIpc) is 3.29. The Balaban J connectivity index is 1.35. The van der Waals surface area contributed by atoms with Gasteiger partial charge in [-0.25, -0.2) is 0 Å². The van der Waals surface area contributed by atoms with Crippen molar-refractivity contribution in [3.63, 3.8) is 0 Å². The molecule has 22 heavy (non-hydrogen) atoms. The average molecular weight is 301 g/mol. The standard InChI is InChI=1S/C18H27N3O/c1-17(11-19,15-2-3-15)21-16(22)10-20-18-7-12-4-13(8-18)6-14(5-12)9-18/h12-15,20H,2-10H2,1H3,(H,21,22)/t12?,13?,14?,17-,18?/m0/s1. The van der Waals surface area contributed by atoms with Gasteiger partial charge in [0.2, 0.25) is 5.91 Å². The first-order valence-electron chi connectivity index (χ1n) is 8.97. The Bertz CT molecular complexity index is 484. The number of rotatable bonds is 5. The second kappa shape index (κ2) is 4.96. The molecule has 0 aromatic carbocycles. The smallest absolute Gasteiger partial charge is 0.235 e. The maximum Gasteiger partial charge on any atom is 0.235 e. The summed E-state index contributed by atoms with van der Waals surface area (Å²) >= 11 is 0. The molecule has 5 saturated carbocycles. The zero-order valence-electron chi connectivity index (χ0n) is 13.5. The van der Waals surface area contributed by atoms with Gasteiger partial charge in [0.05, 0.1) is 12.6 Å². The summed E-state index contributed by atoms with van der Waals surface area (Å²) in [5.41, 5.74) is -0.449. The summed E-state index contributed by atoms with van der Waals surface area (Å²) in [6.07, 6.45) is 10.1. The number of nitriles is 1. The van der Waals surface area contributed by atoms with E-state index in [2.05, 4.69) is 16.7 Å². The molecule has 1 atom stereocenters. The van der Waals surface area contributed by atoms with E-state index >= 15 is 0 Å². The maximum absolute atomic E-state index is 12.3. The van der Waals surface area contributed by atoms with Gasteiger partial charge < -0.3 is 10.6 Å². The summed E-state index contributed by atoms with van der Waals surface area (Å²) in [6, 6.07) is 2.31. The van der Waals surface area contributed by atoms with Crippen LogP contribution in [0.25, 0.3) is 0 Å². The van der Waals surface area contributed by atoms with Gasteiger partial charge >= 0.3 is 0 Å². The van der Waals surface area contributed by atoms with Gasteiger partial charge in [-0.1, -0.05) is 0 Å². The molecule has 0 saturated heterocycles. The first-order valence-corrected chi connectivity index (χ1v) is 8.97. The highest BCUT2D eigenvalue weighted by Crippen LogP contribution is 2.55. The van der Waals surface area contributed by atoms with Crippen molar-refractivity contribution in [2.75, 3.05) is 6.54 Å². The molecule has 0 radical (unpaired) electrons. The van der Waals surface area contributed by atoms with Crippen LogP contribution in [0.4, 0.5) is 0 Å². The van der Waals surface area contributed by atoms with E-state index in [-0.39, 0.29) is 11.4 Å². The maximum atomic E-state index is 12.3. The number of carbonyl (C=O) groups is 1. The van der Waals surface area contributed by atoms with Gasteiger partial charge in [-0.15, -0.1) is 0 Å². The minimum Gasteiger partial charge on any atom is -0.337 e. The fourth-order valence-electron chi connectivity index (χ4n) is 5.81. The largest absolute Gasteiger partial charge is 0.337 e. The third-order valence-corrected chi connectivity index (χ3v) is 6.69. The molecule has 0 spiro atoms. The normalized spacial score (nSPS) is 41.7. The predicted molar refractivity (Wildman–Crippen MR) is 83.8 cm³/mol. The van der Waals surface area contributed by atoms with Crippen molar-refractivity contribution >= 4 is 5.91 Å². The lowest BCUT2D eigenvalue weighted by atomic mass is 9.53. The number of hydrogen-bond acceptors (Lipinski definition) is 3. The van der Waals surface area contributed by atoms with E-state index in [1.807, 2.05) is 6.92 Å². The second-order valence-corrected chi connectivity index (χ2v) is 8.69. The quantitative estimate of drug-likeness (QED) is 0.819. The minimum atomic E-state index is -0.666. The van der Waals surface area contributed by atoms with Gasteiger partial charge in [0.15, 0.2) is 0 Å². The summed E-state index contributed by atoms with van der Waals surface area (Å²) < 4.78 is 0. The van der Waals surface area contributed by atoms with Gasteiger partial charge in [-0.3, -0.25) is 4.79 Å². The molecule has 0 unspecified atom stereocenters. The monoisotopic (exact) mass is 301 g/mol. The predicted octanol–water partition coefficient (Wildman–Crippen LogP) is 2.35. The van der Waals surface area contributed by atoms with E-state index < -0.39 is 5.54 Å². The second-order valence-electron chi connectivity index (χ2n) is 8.69. The molecule has 5 aliphatic rings. The van der Waals surface area contributed by atoms with Crippen molar-refractivity contribution < 1.29 is 4.79 Å². The fourth-order valence-corrected chi connectivity index (χ4v) is 5.81. The van der Waals surface area contributed by atoms with Crippen molar-refractivity contribution in [1.82, 2.24) is 10.6 Å². The molecule has 2 N–H and O–H groups in total. The fraction of sp³-hybridized carbons (Fsp3) is 0.889. The Morgan fingerprint density at radius 3 is 2.18 bits per heavy atom. The Labute approximate surface area is 133 Å². The Kier molecular flexibility index (Phi) is 3.27. The van der Waals surface area contributed by atoms with E-state index in [0.29, 0.717) is 12.5 Å². The number of amides is 1. The van der Waals surface area contributed by atoms with Gasteiger partial charge in [-0.05, 0) is 82.0 Å². The van der Waals surface area contributed by atoms with Crippen molar-refractivity contribution in [3.8, 4) is 6.07 Å². The molecule has 120 valence electrons. The third kappa shape index (κ3) is 2.54. The van der Waals surface area contributed by atoms with E-state index in [9.17, 15) is 10.1 Å². The topological polar surface area (TPSA) is 64.9 Å². The SMILES string of the molecule is C[C@@](C#N)(NC(=O)CNC12CC3CC(CC(C3)C1)C2)C1CC1. The summed E-state index contributed by atoms with van der Waals surface area (Å²) in [5, 5.41) is 15.9. The lowest BCUT2D eigenvalue weighted by molar-refractivity contribution is -0.122. The Hall–Kier alpha value is -1.08. The van der Waals surface area contributed by atoms with Gasteiger partial charge in [-0.2, -0.15) is 5.26 Å². The van der Waals surface area contributed by atoms with Crippen LogP contribution in [0.2, 0.25) is 0 Å². The highest BCUT2D eigenvalue weighted by atomic mass is 16.2. The van der Waals surface area contributed by atoms with Crippen LogP contribution in [-0.2, 0) is 4.79 Å². The summed E-state index contributed by atoms with van der Waals surface area (Å²) in [5.74, 6) is 3.00. The van der Waals surface area contributed by atoms with Crippen LogP contribution < -0.4 is 10.6 Å². The molecule has 4 heteroatoms. The Morgan fingerprint density at radius 1 is 1.18 bits per heavy atom. The van der Waals surface area contributed by atoms with Crippen molar-refractivity contribution in [3.05, 3.63) is 0 Å². The van der Waals surface area contributed by atoms with Crippen LogP contribution in [-0.4, -0.2) is 23.5 Å². The molecular formula is C18H27N3O. The molecule has 5 aliphatic carbocycles. The third-order valence-electron chi connectivity index (χ3n) is 6.69. The van der Waals surface area contributed by atoms with Crippen LogP contribution in [0, 0.1) is 35.0 Å². The van der Waals surface area contributed by atoms with Crippen LogP contribution in [0.3, 0.4) is 0 Å². The number of nitrogens with one attached hydrogen (secondary N) is 2. The molecule has 0 aromatic heterocycles. The zero-order valence-corrected chi connectivity index (χ0v) is 13.5. The number of nitrogens with zero attached hydrogens (tertiary/aromatic N) is 1. The molecule has 0 heterocycles. The molecule has 4 bridgehead atoms. The first kappa shape index (κ1) is 14.5. The molecule has 0 aromatic rings. The minimum absolute atomic E-state index is 0.00769. The highest BCUT2D eigenvalue weighted by molar-refractivity contribution is 5.79. The summed E-state index contributed by atoms with van der Waals surface area (Å²) in [6.45, 7) is 2.24. The molecule has 0 aliphatic heterocycles. The summed E-state index contributed by atoms with van der Waals surface area (Å²) in [7, 11) is 0. The first-order chi connectivity index (χ1) is 10.5. The van der Waals surface area contributed by atoms with Gasteiger partial charge in [0, 0.05) is 5.54 Å². The Morgan fingerprint density at radius 2 is 1.73 bits per heavy atom.